The van der Waals surface area contributed by atoms with Crippen LogP contribution in [0.2, 0.25) is 0 Å². The molecule has 1 atom stereocenters. The SMILES string of the molecule is COc1c(O)cc(C(=O)O)c2c(=O)c3c(O)cc4c(c3oc12)C(C)(C)C(C)O4. The van der Waals surface area contributed by atoms with E-state index in [1.165, 1.54) is 13.2 Å². The molecule has 0 amide bonds. The highest BCUT2D eigenvalue weighted by atomic mass is 16.5. The van der Waals surface area contributed by atoms with Crippen LogP contribution in [0.15, 0.2) is 21.3 Å². The molecule has 146 valence electrons. The van der Waals surface area contributed by atoms with Gasteiger partial charge in [0.2, 0.25) is 11.2 Å². The fraction of sp³-hybridized carbons (Fsp3) is 0.300. The van der Waals surface area contributed by atoms with Crippen molar-refractivity contribution in [2.75, 3.05) is 7.11 Å². The monoisotopic (exact) mass is 386 g/mol. The molecule has 3 aromatic rings. The summed E-state index contributed by atoms with van der Waals surface area (Å²) in [7, 11) is 1.27. The summed E-state index contributed by atoms with van der Waals surface area (Å²) in [5, 5.41) is 29.7. The fourth-order valence-electron chi connectivity index (χ4n) is 3.73. The number of methoxy groups -OCH3 is 1. The smallest absolute Gasteiger partial charge is 0.336 e. The molecule has 1 aromatic heterocycles. The third-order valence-corrected chi connectivity index (χ3v) is 5.50. The molecule has 8 nitrogen and oxygen atoms in total. The second-order valence-corrected chi connectivity index (χ2v) is 7.37. The number of fused-ring (bicyclic) bond motifs is 4. The third kappa shape index (κ3) is 2.11. The lowest BCUT2D eigenvalue weighted by molar-refractivity contribution is 0.0698. The number of rotatable bonds is 2. The Hall–Kier alpha value is -3.42. The van der Waals surface area contributed by atoms with Gasteiger partial charge in [0.25, 0.3) is 0 Å². The van der Waals surface area contributed by atoms with Crippen molar-refractivity contribution >= 4 is 27.9 Å². The largest absolute Gasteiger partial charge is 0.507 e. The molecule has 2 heterocycles. The number of aromatic hydroxyl groups is 2. The van der Waals surface area contributed by atoms with E-state index in [0.717, 1.165) is 6.07 Å². The molecule has 0 saturated heterocycles. The Labute approximate surface area is 158 Å². The first-order valence-electron chi connectivity index (χ1n) is 8.56. The van der Waals surface area contributed by atoms with Crippen molar-refractivity contribution in [1.82, 2.24) is 0 Å². The van der Waals surface area contributed by atoms with Gasteiger partial charge in [0.15, 0.2) is 11.3 Å². The van der Waals surface area contributed by atoms with Gasteiger partial charge in [0, 0.05) is 17.0 Å². The fourth-order valence-corrected chi connectivity index (χ4v) is 3.73. The molecule has 0 saturated carbocycles. The molecule has 0 aliphatic carbocycles. The molecular formula is C20H18O8. The lowest BCUT2D eigenvalue weighted by Gasteiger charge is -2.22. The maximum atomic E-state index is 13.2. The van der Waals surface area contributed by atoms with E-state index < -0.39 is 28.1 Å². The standard InChI is InChI=1S/C20H18O8/c1-7-20(2,3)14-11(27-7)6-9(21)13-15(23)12-8(19(24)25)5-10(22)16(26-4)18(12)28-17(13)14/h5-7,21-22H,1-4H3,(H,24,25). The average molecular weight is 386 g/mol. The molecule has 28 heavy (non-hydrogen) atoms. The third-order valence-electron chi connectivity index (χ3n) is 5.50. The van der Waals surface area contributed by atoms with Gasteiger partial charge in [-0.2, -0.15) is 0 Å². The van der Waals surface area contributed by atoms with Crippen LogP contribution in [-0.4, -0.2) is 34.5 Å². The molecule has 0 radical (unpaired) electrons. The molecular weight excluding hydrogens is 368 g/mol. The van der Waals surface area contributed by atoms with Crippen LogP contribution in [0.5, 0.6) is 23.0 Å². The van der Waals surface area contributed by atoms with Crippen LogP contribution in [0, 0.1) is 0 Å². The van der Waals surface area contributed by atoms with E-state index in [2.05, 4.69) is 0 Å². The van der Waals surface area contributed by atoms with Crippen molar-refractivity contribution in [1.29, 1.82) is 0 Å². The molecule has 3 N–H and O–H groups in total. The molecule has 0 spiro atoms. The van der Waals surface area contributed by atoms with Crippen molar-refractivity contribution in [3.8, 4) is 23.0 Å². The zero-order chi connectivity index (χ0) is 20.5. The van der Waals surface area contributed by atoms with E-state index in [-0.39, 0.29) is 39.5 Å². The van der Waals surface area contributed by atoms with Crippen molar-refractivity contribution in [2.45, 2.75) is 32.3 Å². The minimum atomic E-state index is -1.42. The molecule has 1 unspecified atom stereocenters. The molecule has 1 aliphatic rings. The summed E-state index contributed by atoms with van der Waals surface area (Å²) in [6, 6.07) is 2.26. The van der Waals surface area contributed by atoms with E-state index in [1.54, 1.807) is 0 Å². The Kier molecular flexibility index (Phi) is 3.56. The van der Waals surface area contributed by atoms with Crippen LogP contribution in [0.25, 0.3) is 21.9 Å². The van der Waals surface area contributed by atoms with Gasteiger partial charge in [0.1, 0.15) is 28.6 Å². The lowest BCUT2D eigenvalue weighted by Crippen LogP contribution is -2.29. The predicted molar refractivity (Wildman–Crippen MR) is 99.9 cm³/mol. The number of carboxylic acid groups (broad SMARTS) is 1. The van der Waals surface area contributed by atoms with Gasteiger partial charge in [-0.1, -0.05) is 13.8 Å². The molecule has 4 rings (SSSR count). The van der Waals surface area contributed by atoms with Crippen LogP contribution < -0.4 is 14.9 Å². The van der Waals surface area contributed by atoms with Crippen LogP contribution in [-0.2, 0) is 5.41 Å². The maximum Gasteiger partial charge on any atom is 0.336 e. The van der Waals surface area contributed by atoms with Gasteiger partial charge in [-0.3, -0.25) is 4.79 Å². The first-order chi connectivity index (χ1) is 13.1. The highest BCUT2D eigenvalue weighted by molar-refractivity contribution is 6.08. The molecule has 1 aliphatic heterocycles. The highest BCUT2D eigenvalue weighted by Gasteiger charge is 2.42. The number of phenolic OH excluding ortho intramolecular Hbond substituents is 2. The van der Waals surface area contributed by atoms with Crippen LogP contribution in [0.4, 0.5) is 0 Å². The maximum absolute atomic E-state index is 13.2. The van der Waals surface area contributed by atoms with Gasteiger partial charge in [-0.05, 0) is 13.0 Å². The molecule has 0 bridgehead atoms. The second-order valence-electron chi connectivity index (χ2n) is 7.37. The van der Waals surface area contributed by atoms with Gasteiger partial charge in [-0.25, -0.2) is 4.79 Å². The summed E-state index contributed by atoms with van der Waals surface area (Å²) in [5.41, 5.74) is -1.29. The molecule has 8 heteroatoms. The predicted octanol–water partition coefficient (Wildman–Crippen LogP) is 3.12. The van der Waals surface area contributed by atoms with Crippen molar-refractivity contribution in [2.24, 2.45) is 0 Å². The van der Waals surface area contributed by atoms with Crippen molar-refractivity contribution in [3.05, 3.63) is 33.5 Å². The first-order valence-corrected chi connectivity index (χ1v) is 8.56. The summed E-state index contributed by atoms with van der Waals surface area (Å²) in [5.74, 6) is -2.07. The lowest BCUT2D eigenvalue weighted by atomic mass is 9.80. The Balaban J connectivity index is 2.32. The topological polar surface area (TPSA) is 126 Å². The Bertz CT molecular complexity index is 1240. The van der Waals surface area contributed by atoms with Crippen LogP contribution in [0.1, 0.15) is 36.7 Å². The number of hydrogen-bond donors (Lipinski definition) is 3. The average Bonchev–Trinajstić information content (AvgIpc) is 2.82. The van der Waals surface area contributed by atoms with E-state index in [1.807, 2.05) is 20.8 Å². The summed E-state index contributed by atoms with van der Waals surface area (Å²) in [6.45, 7) is 5.68. The summed E-state index contributed by atoms with van der Waals surface area (Å²) in [6.07, 6.45) is -0.255. The second kappa shape index (κ2) is 5.54. The zero-order valence-electron chi connectivity index (χ0n) is 15.6. The number of aromatic carboxylic acids is 1. The van der Waals surface area contributed by atoms with Gasteiger partial charge < -0.3 is 29.2 Å². The molecule has 2 aromatic carbocycles. The van der Waals surface area contributed by atoms with E-state index in [9.17, 15) is 24.9 Å². The van der Waals surface area contributed by atoms with Crippen LogP contribution in [0.3, 0.4) is 0 Å². The number of carbonyl (C=O) groups is 1. The van der Waals surface area contributed by atoms with Gasteiger partial charge in [0.05, 0.1) is 18.1 Å². The quantitative estimate of drug-likeness (QED) is 0.574. The number of phenols is 2. The number of carboxylic acids is 1. The van der Waals surface area contributed by atoms with Crippen molar-refractivity contribution < 1.29 is 34.0 Å². The number of ether oxygens (including phenoxy) is 2. The number of hydrogen-bond acceptors (Lipinski definition) is 7. The highest BCUT2D eigenvalue weighted by Crippen LogP contribution is 2.50. The van der Waals surface area contributed by atoms with Gasteiger partial charge >= 0.3 is 5.97 Å². The minimum absolute atomic E-state index is 0.0714. The van der Waals surface area contributed by atoms with Gasteiger partial charge in [-0.15, -0.1) is 0 Å². The van der Waals surface area contributed by atoms with Crippen LogP contribution >= 0.6 is 0 Å². The van der Waals surface area contributed by atoms with Crippen molar-refractivity contribution in [3.63, 3.8) is 0 Å². The van der Waals surface area contributed by atoms with E-state index >= 15 is 0 Å². The van der Waals surface area contributed by atoms with E-state index in [4.69, 9.17) is 13.9 Å². The first kappa shape index (κ1) is 18.0. The Morgan fingerprint density at radius 2 is 1.82 bits per heavy atom. The minimum Gasteiger partial charge on any atom is -0.507 e. The summed E-state index contributed by atoms with van der Waals surface area (Å²) < 4.78 is 16.9. The Morgan fingerprint density at radius 3 is 2.43 bits per heavy atom. The summed E-state index contributed by atoms with van der Waals surface area (Å²) >= 11 is 0. The molecule has 0 fully saturated rings. The summed E-state index contributed by atoms with van der Waals surface area (Å²) in [4.78, 5) is 24.9. The normalized spacial score (nSPS) is 17.5. The Morgan fingerprint density at radius 1 is 1.14 bits per heavy atom. The zero-order valence-corrected chi connectivity index (χ0v) is 15.6. The number of benzene rings is 2. The van der Waals surface area contributed by atoms with E-state index in [0.29, 0.717) is 11.3 Å².